The number of nitrogens with one attached hydrogen (secondary N) is 3. The van der Waals surface area contributed by atoms with Crippen LogP contribution in [0, 0.1) is 5.82 Å². The van der Waals surface area contributed by atoms with E-state index in [-0.39, 0.29) is 29.9 Å². The first-order valence-electron chi connectivity index (χ1n) is 11.2. The summed E-state index contributed by atoms with van der Waals surface area (Å²) in [5.74, 6) is -0.490. The summed E-state index contributed by atoms with van der Waals surface area (Å²) in [7, 11) is 0. The van der Waals surface area contributed by atoms with Crippen molar-refractivity contribution in [1.29, 1.82) is 0 Å². The van der Waals surface area contributed by atoms with E-state index in [1.54, 1.807) is 23.1 Å². The largest absolute Gasteiger partial charge is 0.489 e. The lowest BCUT2D eigenvalue weighted by atomic mass is 10.1. The van der Waals surface area contributed by atoms with Crippen LogP contribution in [0.2, 0.25) is 5.02 Å². The summed E-state index contributed by atoms with van der Waals surface area (Å²) in [6.45, 7) is 5.93. The molecule has 3 amide bonds. The second-order valence-corrected chi connectivity index (χ2v) is 9.04. The number of amides is 3. The monoisotopic (exact) mass is 592 g/mol. The van der Waals surface area contributed by atoms with Gasteiger partial charge in [-0.05, 0) is 40.2 Å². The summed E-state index contributed by atoms with van der Waals surface area (Å²) < 4.78 is 26.2. The Bertz CT molecular complexity index is 1340. The molecule has 0 spiro atoms. The highest BCUT2D eigenvalue weighted by Gasteiger charge is 2.18. The fraction of sp³-hybridized carbons (Fsp3) is 0.250. The van der Waals surface area contributed by atoms with Crippen molar-refractivity contribution >= 4 is 67.6 Å². The number of aromatic nitrogens is 2. The Balaban J connectivity index is 1.55. The van der Waals surface area contributed by atoms with E-state index in [0.717, 1.165) is 6.08 Å². The number of anilines is 3. The first-order valence-corrected chi connectivity index (χ1v) is 12.4. The number of nitrogens with zero attached hydrogens (tertiary/aromatic N) is 3. The number of fused-ring (bicyclic) bond motifs is 1. The Labute approximate surface area is 225 Å². The first-order chi connectivity index (χ1) is 17.9. The number of morpholine rings is 1. The van der Waals surface area contributed by atoms with E-state index in [2.05, 4.69) is 48.4 Å². The maximum absolute atomic E-state index is 14.7. The fourth-order valence-corrected chi connectivity index (χ4v) is 4.00. The van der Waals surface area contributed by atoms with Crippen LogP contribution in [0.25, 0.3) is 10.9 Å². The molecule has 4 rings (SSSR count). The topological polar surface area (TPSA) is 118 Å². The van der Waals surface area contributed by atoms with Gasteiger partial charge in [0.2, 0.25) is 5.91 Å². The molecule has 10 nitrogen and oxygen atoms in total. The fourth-order valence-electron chi connectivity index (χ4n) is 3.53. The van der Waals surface area contributed by atoms with Gasteiger partial charge in [-0.2, -0.15) is 0 Å². The molecule has 0 atom stereocenters. The van der Waals surface area contributed by atoms with Gasteiger partial charge >= 0.3 is 6.03 Å². The minimum Gasteiger partial charge on any atom is -0.489 e. The first kappa shape index (κ1) is 26.6. The Morgan fingerprint density at radius 1 is 1.24 bits per heavy atom. The number of carbonyl (C=O) groups excluding carboxylic acids is 2. The summed E-state index contributed by atoms with van der Waals surface area (Å²) in [6.07, 6.45) is 2.44. The highest BCUT2D eigenvalue weighted by atomic mass is 79.9. The van der Waals surface area contributed by atoms with Crippen LogP contribution in [0.4, 0.5) is 26.4 Å². The standard InChI is InChI=1S/C24H23BrClFN6O4/c1-2-20(34)31-18-11-14-17(12-19(18)37-8-5-28-24(35)33-6-9-36-10-7-33)29-13-30-23(14)32-16-4-3-15(25)21(26)22(16)27/h2-4,11-13H,1,5-10H2,(H,28,35)(H,31,34)(H,29,30,32). The molecule has 0 saturated carbocycles. The maximum Gasteiger partial charge on any atom is 0.317 e. The lowest BCUT2D eigenvalue weighted by Crippen LogP contribution is -2.47. The summed E-state index contributed by atoms with van der Waals surface area (Å²) in [5, 5.41) is 8.85. The highest BCUT2D eigenvalue weighted by Crippen LogP contribution is 2.35. The zero-order valence-corrected chi connectivity index (χ0v) is 21.9. The average Bonchev–Trinajstić information content (AvgIpc) is 2.92. The van der Waals surface area contributed by atoms with E-state index in [4.69, 9.17) is 21.1 Å². The van der Waals surface area contributed by atoms with E-state index in [1.165, 1.54) is 12.4 Å². The van der Waals surface area contributed by atoms with Crippen molar-refractivity contribution in [3.8, 4) is 5.75 Å². The molecule has 13 heteroatoms. The Morgan fingerprint density at radius 3 is 2.78 bits per heavy atom. The molecule has 37 heavy (non-hydrogen) atoms. The lowest BCUT2D eigenvalue weighted by Gasteiger charge is -2.26. The van der Waals surface area contributed by atoms with Gasteiger partial charge in [0.05, 0.1) is 41.7 Å². The number of ether oxygens (including phenoxy) is 2. The van der Waals surface area contributed by atoms with Crippen LogP contribution in [-0.2, 0) is 9.53 Å². The van der Waals surface area contributed by atoms with E-state index in [9.17, 15) is 14.0 Å². The Kier molecular flexibility index (Phi) is 8.74. The number of halogens is 3. The number of carbonyl (C=O) groups is 2. The van der Waals surface area contributed by atoms with Crippen molar-refractivity contribution in [1.82, 2.24) is 20.2 Å². The minimum absolute atomic E-state index is 0.0707. The van der Waals surface area contributed by atoms with Crippen molar-refractivity contribution in [2.24, 2.45) is 0 Å². The SMILES string of the molecule is C=CC(=O)Nc1cc2c(Nc3ccc(Br)c(Cl)c3F)ncnc2cc1OCCNC(=O)N1CCOCC1. The molecule has 0 unspecified atom stereocenters. The summed E-state index contributed by atoms with van der Waals surface area (Å²) in [6, 6.07) is 6.16. The van der Waals surface area contributed by atoms with Crippen molar-refractivity contribution in [3.05, 3.63) is 58.6 Å². The van der Waals surface area contributed by atoms with Gasteiger partial charge in [-0.1, -0.05) is 18.2 Å². The van der Waals surface area contributed by atoms with Gasteiger partial charge in [0.1, 0.15) is 24.5 Å². The minimum atomic E-state index is -0.651. The second-order valence-electron chi connectivity index (χ2n) is 7.81. The molecular weight excluding hydrogens is 571 g/mol. The van der Waals surface area contributed by atoms with Crippen LogP contribution in [0.1, 0.15) is 0 Å². The summed E-state index contributed by atoms with van der Waals surface area (Å²) >= 11 is 9.20. The van der Waals surface area contributed by atoms with Crippen molar-refractivity contribution in [2.45, 2.75) is 0 Å². The number of hydrogen-bond acceptors (Lipinski definition) is 7. The van der Waals surface area contributed by atoms with Gasteiger partial charge in [-0.15, -0.1) is 0 Å². The number of benzene rings is 2. The molecular formula is C24H23BrClFN6O4. The van der Waals surface area contributed by atoms with Crippen LogP contribution in [0.3, 0.4) is 0 Å². The quantitative estimate of drug-likeness (QED) is 0.200. The van der Waals surface area contributed by atoms with Crippen LogP contribution >= 0.6 is 27.5 Å². The van der Waals surface area contributed by atoms with Crippen molar-refractivity contribution in [2.75, 3.05) is 50.1 Å². The van der Waals surface area contributed by atoms with Gasteiger partial charge in [0.15, 0.2) is 5.82 Å². The van der Waals surface area contributed by atoms with Crippen LogP contribution < -0.4 is 20.7 Å². The molecule has 1 aliphatic heterocycles. The van der Waals surface area contributed by atoms with Gasteiger partial charge in [0, 0.05) is 29.0 Å². The number of urea groups is 1. The molecule has 0 bridgehead atoms. The number of rotatable bonds is 8. The molecule has 0 aliphatic carbocycles. The van der Waals surface area contributed by atoms with E-state index in [0.29, 0.717) is 58.9 Å². The highest BCUT2D eigenvalue weighted by molar-refractivity contribution is 9.10. The normalized spacial score (nSPS) is 13.2. The van der Waals surface area contributed by atoms with Gasteiger partial charge < -0.3 is 30.3 Å². The molecule has 2 aromatic carbocycles. The molecule has 1 aromatic heterocycles. The Hall–Kier alpha value is -3.48. The zero-order chi connectivity index (χ0) is 26.4. The summed E-state index contributed by atoms with van der Waals surface area (Å²) in [4.78, 5) is 34.5. The third kappa shape index (κ3) is 6.45. The van der Waals surface area contributed by atoms with Gasteiger partial charge in [-0.25, -0.2) is 19.2 Å². The van der Waals surface area contributed by atoms with Crippen LogP contribution in [0.15, 0.2) is 47.7 Å². The summed E-state index contributed by atoms with van der Waals surface area (Å²) in [5.41, 5.74) is 0.912. The molecule has 1 saturated heterocycles. The average molecular weight is 594 g/mol. The zero-order valence-electron chi connectivity index (χ0n) is 19.5. The molecule has 1 fully saturated rings. The predicted molar refractivity (Wildman–Crippen MR) is 142 cm³/mol. The van der Waals surface area contributed by atoms with Gasteiger partial charge in [0.25, 0.3) is 0 Å². The van der Waals surface area contributed by atoms with E-state index >= 15 is 0 Å². The third-order valence-electron chi connectivity index (χ3n) is 5.40. The van der Waals surface area contributed by atoms with Crippen LogP contribution in [0.5, 0.6) is 5.75 Å². The maximum atomic E-state index is 14.7. The Morgan fingerprint density at radius 2 is 2.03 bits per heavy atom. The third-order valence-corrected chi connectivity index (χ3v) is 6.66. The second kappa shape index (κ2) is 12.2. The van der Waals surface area contributed by atoms with E-state index in [1.807, 2.05) is 0 Å². The molecule has 194 valence electrons. The molecule has 3 aromatic rings. The van der Waals surface area contributed by atoms with Crippen molar-refractivity contribution in [3.63, 3.8) is 0 Å². The molecule has 2 heterocycles. The van der Waals surface area contributed by atoms with Crippen molar-refractivity contribution < 1.29 is 23.5 Å². The van der Waals surface area contributed by atoms with Crippen LogP contribution in [-0.4, -0.2) is 66.3 Å². The molecule has 3 N–H and O–H groups in total. The smallest absolute Gasteiger partial charge is 0.317 e. The van der Waals surface area contributed by atoms with E-state index < -0.39 is 11.7 Å². The molecule has 1 aliphatic rings. The molecule has 0 radical (unpaired) electrons. The number of hydrogen-bond donors (Lipinski definition) is 3. The lowest BCUT2D eigenvalue weighted by molar-refractivity contribution is -0.111. The predicted octanol–water partition coefficient (Wildman–Crippen LogP) is 4.47. The van der Waals surface area contributed by atoms with Gasteiger partial charge in [-0.3, -0.25) is 4.79 Å².